The molecule has 1 unspecified atom stereocenters. The van der Waals surface area contributed by atoms with E-state index >= 15 is 0 Å². The smallest absolute Gasteiger partial charge is 0.388 e. The van der Waals surface area contributed by atoms with Gasteiger partial charge in [0.2, 0.25) is 11.8 Å². The first-order valence-corrected chi connectivity index (χ1v) is 8.22. The molecule has 128 valence electrons. The molecule has 3 rings (SSSR count). The molecule has 1 aromatic carbocycles. The number of aromatic nitrogens is 2. The minimum Gasteiger partial charge on any atom is -0.388 e. The first-order chi connectivity index (χ1) is 11.6. The van der Waals surface area contributed by atoms with Crippen LogP contribution in [-0.4, -0.2) is 33.2 Å². The Morgan fingerprint density at radius 3 is 2.79 bits per heavy atom. The van der Waals surface area contributed by atoms with E-state index < -0.39 is 5.76 Å². The normalized spacial score (nSPS) is 17.9. The second-order valence-electron chi connectivity index (χ2n) is 5.98. The van der Waals surface area contributed by atoms with Gasteiger partial charge in [-0.05, 0) is 49.9 Å². The summed E-state index contributed by atoms with van der Waals surface area (Å²) in [6.45, 7) is 2.64. The predicted molar refractivity (Wildman–Crippen MR) is 85.8 cm³/mol. The first kappa shape index (κ1) is 16.4. The summed E-state index contributed by atoms with van der Waals surface area (Å²) in [6.07, 6.45) is 4.01. The van der Waals surface area contributed by atoms with Crippen LogP contribution < -0.4 is 5.76 Å². The fourth-order valence-corrected chi connectivity index (χ4v) is 3.09. The zero-order chi connectivity index (χ0) is 17.1. The lowest BCUT2D eigenvalue weighted by Crippen LogP contribution is -2.45. The van der Waals surface area contributed by atoms with Crippen molar-refractivity contribution in [3.05, 3.63) is 40.6 Å². The molecule has 0 spiro atoms. The van der Waals surface area contributed by atoms with Gasteiger partial charge in [-0.15, -0.1) is 5.10 Å². The van der Waals surface area contributed by atoms with Crippen LogP contribution in [-0.2, 0) is 11.3 Å². The Balaban J connectivity index is 1.77. The molecule has 0 radical (unpaired) electrons. The molecule has 0 aliphatic carbocycles. The molecule has 1 saturated heterocycles. The van der Waals surface area contributed by atoms with Gasteiger partial charge in [0.05, 0.1) is 0 Å². The molecule has 24 heavy (non-hydrogen) atoms. The number of nitrogens with zero attached hydrogens (tertiary/aromatic N) is 3. The number of halogens is 1. The number of hydrogen-bond donors (Lipinski definition) is 0. The standard InChI is InChI=1S/C17H20FN3O3/c1-2-14-5-3-4-10-20(14)15(22)11-21-17(23)24-16(19-21)12-6-8-13(18)9-7-12/h6-9,14H,2-5,10-11H2,1H3. The Morgan fingerprint density at radius 1 is 1.33 bits per heavy atom. The number of piperidine rings is 1. The van der Waals surface area contributed by atoms with Crippen molar-refractivity contribution in [1.82, 2.24) is 14.7 Å². The van der Waals surface area contributed by atoms with E-state index in [-0.39, 0.29) is 30.2 Å². The number of hydrogen-bond acceptors (Lipinski definition) is 4. The van der Waals surface area contributed by atoms with Crippen LogP contribution in [0.15, 0.2) is 33.5 Å². The Labute approximate surface area is 138 Å². The molecular formula is C17H20FN3O3. The summed E-state index contributed by atoms with van der Waals surface area (Å²) in [5.41, 5.74) is 0.490. The molecule has 1 fully saturated rings. The van der Waals surface area contributed by atoms with Crippen molar-refractivity contribution in [3.63, 3.8) is 0 Å². The Kier molecular flexibility index (Phi) is 4.78. The highest BCUT2D eigenvalue weighted by molar-refractivity contribution is 5.76. The van der Waals surface area contributed by atoms with Crippen LogP contribution in [0.1, 0.15) is 32.6 Å². The second-order valence-corrected chi connectivity index (χ2v) is 5.98. The Hall–Kier alpha value is -2.44. The SMILES string of the molecule is CCC1CCCCN1C(=O)Cn1nc(-c2ccc(F)cc2)oc1=O. The maximum Gasteiger partial charge on any atom is 0.437 e. The average Bonchev–Trinajstić information content (AvgIpc) is 2.96. The van der Waals surface area contributed by atoms with Crippen LogP contribution in [0.5, 0.6) is 0 Å². The van der Waals surface area contributed by atoms with E-state index in [1.165, 1.54) is 24.3 Å². The fraction of sp³-hybridized carbons (Fsp3) is 0.471. The van der Waals surface area contributed by atoms with Crippen LogP contribution in [0.4, 0.5) is 4.39 Å². The second kappa shape index (κ2) is 6.98. The molecule has 1 atom stereocenters. The summed E-state index contributed by atoms with van der Waals surface area (Å²) < 4.78 is 19.1. The summed E-state index contributed by atoms with van der Waals surface area (Å²) >= 11 is 0. The monoisotopic (exact) mass is 333 g/mol. The number of benzene rings is 1. The number of rotatable bonds is 4. The molecular weight excluding hydrogens is 313 g/mol. The van der Waals surface area contributed by atoms with Crippen LogP contribution in [0.25, 0.3) is 11.5 Å². The van der Waals surface area contributed by atoms with Crippen molar-refractivity contribution in [3.8, 4) is 11.5 Å². The van der Waals surface area contributed by atoms with E-state index in [1.54, 1.807) is 0 Å². The van der Waals surface area contributed by atoms with Crippen molar-refractivity contribution in [2.45, 2.75) is 45.2 Å². The van der Waals surface area contributed by atoms with E-state index in [1.807, 2.05) is 4.90 Å². The highest BCUT2D eigenvalue weighted by atomic mass is 19.1. The molecule has 1 amide bonds. The summed E-state index contributed by atoms with van der Waals surface area (Å²) in [6, 6.07) is 5.71. The lowest BCUT2D eigenvalue weighted by atomic mass is 10.00. The highest BCUT2D eigenvalue weighted by Crippen LogP contribution is 2.20. The average molecular weight is 333 g/mol. The van der Waals surface area contributed by atoms with Crippen molar-refractivity contribution >= 4 is 5.91 Å². The summed E-state index contributed by atoms with van der Waals surface area (Å²) in [5, 5.41) is 4.06. The predicted octanol–water partition coefficient (Wildman–Crippen LogP) is 2.43. The molecule has 1 aliphatic heterocycles. The van der Waals surface area contributed by atoms with Gasteiger partial charge in [-0.3, -0.25) is 4.79 Å². The maximum atomic E-state index is 13.0. The largest absolute Gasteiger partial charge is 0.437 e. The fourth-order valence-electron chi connectivity index (χ4n) is 3.09. The van der Waals surface area contributed by atoms with Crippen molar-refractivity contribution in [2.75, 3.05) is 6.54 Å². The van der Waals surface area contributed by atoms with Crippen molar-refractivity contribution in [1.29, 1.82) is 0 Å². The molecule has 6 nitrogen and oxygen atoms in total. The van der Waals surface area contributed by atoms with E-state index in [4.69, 9.17) is 4.42 Å². The third kappa shape index (κ3) is 3.39. The molecule has 0 saturated carbocycles. The molecule has 1 aromatic heterocycles. The summed E-state index contributed by atoms with van der Waals surface area (Å²) in [5.74, 6) is -1.11. The van der Waals surface area contributed by atoms with Crippen LogP contribution in [0, 0.1) is 5.82 Å². The van der Waals surface area contributed by atoms with E-state index in [2.05, 4.69) is 12.0 Å². The topological polar surface area (TPSA) is 68.3 Å². The Morgan fingerprint density at radius 2 is 2.08 bits per heavy atom. The molecule has 0 bridgehead atoms. The van der Waals surface area contributed by atoms with E-state index in [9.17, 15) is 14.0 Å². The Bertz CT molecular complexity index is 766. The molecule has 2 aromatic rings. The highest BCUT2D eigenvalue weighted by Gasteiger charge is 2.26. The number of carbonyl (C=O) groups excluding carboxylic acids is 1. The van der Waals surface area contributed by atoms with Gasteiger partial charge in [0.25, 0.3) is 0 Å². The van der Waals surface area contributed by atoms with Gasteiger partial charge in [-0.1, -0.05) is 6.92 Å². The van der Waals surface area contributed by atoms with Gasteiger partial charge in [-0.25, -0.2) is 9.18 Å². The minimum absolute atomic E-state index is 0.0819. The van der Waals surface area contributed by atoms with Crippen LogP contribution >= 0.6 is 0 Å². The third-order valence-corrected chi connectivity index (χ3v) is 4.40. The van der Waals surface area contributed by atoms with Crippen molar-refractivity contribution < 1.29 is 13.6 Å². The van der Waals surface area contributed by atoms with E-state index in [0.717, 1.165) is 36.9 Å². The summed E-state index contributed by atoms with van der Waals surface area (Å²) in [4.78, 5) is 26.3. The van der Waals surface area contributed by atoms with Gasteiger partial charge < -0.3 is 9.32 Å². The lowest BCUT2D eigenvalue weighted by molar-refractivity contribution is -0.135. The molecule has 0 N–H and O–H groups in total. The van der Waals surface area contributed by atoms with Crippen molar-refractivity contribution in [2.24, 2.45) is 0 Å². The maximum absolute atomic E-state index is 13.0. The first-order valence-electron chi connectivity index (χ1n) is 8.22. The zero-order valence-corrected chi connectivity index (χ0v) is 13.6. The van der Waals surface area contributed by atoms with Crippen LogP contribution in [0.3, 0.4) is 0 Å². The summed E-state index contributed by atoms with van der Waals surface area (Å²) in [7, 11) is 0. The minimum atomic E-state index is -0.687. The molecule has 7 heteroatoms. The quantitative estimate of drug-likeness (QED) is 0.862. The molecule has 2 heterocycles. The number of likely N-dealkylation sites (tertiary alicyclic amines) is 1. The van der Waals surface area contributed by atoms with Gasteiger partial charge in [0.1, 0.15) is 12.4 Å². The van der Waals surface area contributed by atoms with E-state index in [0.29, 0.717) is 5.56 Å². The van der Waals surface area contributed by atoms with Gasteiger partial charge in [0.15, 0.2) is 0 Å². The lowest BCUT2D eigenvalue weighted by Gasteiger charge is -2.35. The van der Waals surface area contributed by atoms with Crippen LogP contribution in [0.2, 0.25) is 0 Å². The molecule has 1 aliphatic rings. The van der Waals surface area contributed by atoms with Gasteiger partial charge >= 0.3 is 5.76 Å². The zero-order valence-electron chi connectivity index (χ0n) is 13.6. The number of carbonyl (C=O) groups is 1. The van der Waals surface area contributed by atoms with Gasteiger partial charge in [-0.2, -0.15) is 4.68 Å². The van der Waals surface area contributed by atoms with Gasteiger partial charge in [0, 0.05) is 18.2 Å². The third-order valence-electron chi connectivity index (χ3n) is 4.40. The number of amides is 1.